The number of para-hydroxylation sites is 3. The van der Waals surface area contributed by atoms with Crippen LogP contribution in [0.3, 0.4) is 0 Å². The van der Waals surface area contributed by atoms with Gasteiger partial charge in [-0.3, -0.25) is 4.79 Å². The third-order valence-corrected chi connectivity index (χ3v) is 3.17. The zero-order chi connectivity index (χ0) is 16.1. The monoisotopic (exact) mass is 306 g/mol. The maximum absolute atomic E-state index is 12.3. The molecule has 5 heteroatoms. The Morgan fingerprint density at radius 1 is 0.913 bits per heavy atom. The molecule has 0 aliphatic heterocycles. The van der Waals surface area contributed by atoms with E-state index in [4.69, 9.17) is 4.74 Å². The molecule has 2 aromatic carbocycles. The fraction of sp³-hybridized carbons (Fsp3) is 0. The number of hydrogen-bond donors (Lipinski definition) is 1. The van der Waals surface area contributed by atoms with Gasteiger partial charge in [-0.15, -0.1) is 0 Å². The molecule has 0 spiro atoms. The van der Waals surface area contributed by atoms with Crippen molar-refractivity contribution in [1.82, 2.24) is 0 Å². The maximum atomic E-state index is 12.3. The first-order valence-corrected chi connectivity index (χ1v) is 7.04. The van der Waals surface area contributed by atoms with Crippen LogP contribution in [0.15, 0.2) is 79.1 Å². The van der Waals surface area contributed by atoms with E-state index in [2.05, 4.69) is 5.32 Å². The number of nitrogens with one attached hydrogen (secondary N) is 1. The number of aromatic nitrogens is 1. The van der Waals surface area contributed by atoms with E-state index in [1.54, 1.807) is 12.1 Å². The van der Waals surface area contributed by atoms with Gasteiger partial charge in [-0.1, -0.05) is 30.3 Å². The molecule has 0 unspecified atom stereocenters. The summed E-state index contributed by atoms with van der Waals surface area (Å²) in [5.74, 6) is 0.915. The summed E-state index contributed by atoms with van der Waals surface area (Å²) in [5.41, 5.74) is 0.951. The molecule has 3 rings (SSSR count). The van der Waals surface area contributed by atoms with Crippen molar-refractivity contribution in [1.29, 1.82) is 0 Å². The van der Waals surface area contributed by atoms with Gasteiger partial charge in [0.2, 0.25) is 0 Å². The van der Waals surface area contributed by atoms with E-state index in [0.29, 0.717) is 27.5 Å². The number of pyridine rings is 1. The first kappa shape index (κ1) is 14.6. The molecule has 0 bridgehead atoms. The van der Waals surface area contributed by atoms with Crippen LogP contribution in [0.4, 0.5) is 5.69 Å². The number of benzene rings is 2. The lowest BCUT2D eigenvalue weighted by Gasteiger charge is -2.12. The Labute approximate surface area is 133 Å². The molecule has 0 atom stereocenters. The van der Waals surface area contributed by atoms with Crippen LogP contribution in [0.2, 0.25) is 0 Å². The van der Waals surface area contributed by atoms with Crippen LogP contribution in [0, 0.1) is 5.21 Å². The van der Waals surface area contributed by atoms with Gasteiger partial charge in [0.1, 0.15) is 5.75 Å². The molecule has 0 aliphatic carbocycles. The Morgan fingerprint density at radius 2 is 1.57 bits per heavy atom. The minimum absolute atomic E-state index is 0.310. The quantitative estimate of drug-likeness (QED) is 0.593. The Hall–Kier alpha value is -3.34. The molecular formula is C18H14N2O3. The largest absolute Gasteiger partial charge is 0.619 e. The molecule has 1 N–H and O–H groups in total. The number of nitrogens with zero attached hydrogens (tertiary/aromatic N) is 1. The van der Waals surface area contributed by atoms with Crippen molar-refractivity contribution in [2.75, 3.05) is 5.32 Å². The summed E-state index contributed by atoms with van der Waals surface area (Å²) in [6, 6.07) is 19.4. The van der Waals surface area contributed by atoms with E-state index >= 15 is 0 Å². The predicted octanol–water partition coefficient (Wildman–Crippen LogP) is 3.36. The topological polar surface area (TPSA) is 65.3 Å². The number of carbonyl (C=O) groups excluding carboxylic acids is 1. The molecule has 5 nitrogen and oxygen atoms in total. The highest BCUT2D eigenvalue weighted by Gasteiger charge is 2.11. The lowest BCUT2D eigenvalue weighted by Crippen LogP contribution is -2.25. The normalized spacial score (nSPS) is 10.1. The van der Waals surface area contributed by atoms with Crippen LogP contribution >= 0.6 is 0 Å². The van der Waals surface area contributed by atoms with E-state index in [9.17, 15) is 10.0 Å². The summed E-state index contributed by atoms with van der Waals surface area (Å²) in [5, 5.41) is 13.8. The number of ether oxygens (including phenoxy) is 1. The smallest absolute Gasteiger partial charge is 0.256 e. The van der Waals surface area contributed by atoms with Crippen molar-refractivity contribution in [2.24, 2.45) is 0 Å². The van der Waals surface area contributed by atoms with Gasteiger partial charge in [-0.05, 0) is 24.3 Å². The van der Waals surface area contributed by atoms with Crippen molar-refractivity contribution in [3.05, 3.63) is 89.9 Å². The van der Waals surface area contributed by atoms with Crippen LogP contribution in [-0.4, -0.2) is 5.91 Å². The molecule has 0 aliphatic rings. The van der Waals surface area contributed by atoms with Gasteiger partial charge in [0, 0.05) is 12.1 Å². The van der Waals surface area contributed by atoms with Crippen molar-refractivity contribution in [3.63, 3.8) is 0 Å². The van der Waals surface area contributed by atoms with E-state index in [0.717, 1.165) is 0 Å². The van der Waals surface area contributed by atoms with Gasteiger partial charge in [-0.2, -0.15) is 4.73 Å². The highest BCUT2D eigenvalue weighted by atomic mass is 16.5. The minimum Gasteiger partial charge on any atom is -0.619 e. The number of carbonyl (C=O) groups is 1. The molecule has 1 aromatic heterocycles. The van der Waals surface area contributed by atoms with Crippen molar-refractivity contribution in [2.45, 2.75) is 0 Å². The van der Waals surface area contributed by atoms with Gasteiger partial charge in [-0.25, -0.2) is 0 Å². The van der Waals surface area contributed by atoms with Crippen molar-refractivity contribution < 1.29 is 14.3 Å². The number of hydrogen-bond acceptors (Lipinski definition) is 3. The molecule has 0 fully saturated rings. The zero-order valence-electron chi connectivity index (χ0n) is 12.2. The molecule has 0 radical (unpaired) electrons. The van der Waals surface area contributed by atoms with Crippen LogP contribution in [0.25, 0.3) is 0 Å². The van der Waals surface area contributed by atoms with Gasteiger partial charge in [0.25, 0.3) is 5.91 Å². The van der Waals surface area contributed by atoms with Gasteiger partial charge in [0.05, 0.1) is 11.3 Å². The standard InChI is InChI=1S/C18H14N2O3/c21-18(14-10-12-20(22)13-11-14)19-16-8-4-5-9-17(16)23-15-6-2-1-3-7-15/h1-13H,(H,19,21). The van der Waals surface area contributed by atoms with E-state index in [1.807, 2.05) is 42.5 Å². The van der Waals surface area contributed by atoms with Gasteiger partial charge < -0.3 is 15.3 Å². The number of anilines is 1. The zero-order valence-corrected chi connectivity index (χ0v) is 12.2. The van der Waals surface area contributed by atoms with Gasteiger partial charge in [0.15, 0.2) is 18.1 Å². The molecular weight excluding hydrogens is 292 g/mol. The molecule has 0 saturated carbocycles. The lowest BCUT2D eigenvalue weighted by atomic mass is 10.2. The van der Waals surface area contributed by atoms with Crippen LogP contribution in [0.1, 0.15) is 10.4 Å². The fourth-order valence-corrected chi connectivity index (χ4v) is 2.03. The Balaban J connectivity index is 1.80. The fourth-order valence-electron chi connectivity index (χ4n) is 2.03. The summed E-state index contributed by atoms with van der Waals surface area (Å²) >= 11 is 0. The van der Waals surface area contributed by atoms with E-state index in [1.165, 1.54) is 24.5 Å². The summed E-state index contributed by atoms with van der Waals surface area (Å²) < 4.78 is 6.42. The van der Waals surface area contributed by atoms with E-state index in [-0.39, 0.29) is 5.91 Å². The summed E-state index contributed by atoms with van der Waals surface area (Å²) in [6.45, 7) is 0. The second-order valence-corrected chi connectivity index (χ2v) is 4.81. The van der Waals surface area contributed by atoms with Crippen molar-refractivity contribution in [3.8, 4) is 11.5 Å². The molecule has 114 valence electrons. The number of rotatable bonds is 4. The molecule has 3 aromatic rings. The second kappa shape index (κ2) is 6.62. The summed E-state index contributed by atoms with van der Waals surface area (Å²) in [7, 11) is 0. The predicted molar refractivity (Wildman–Crippen MR) is 86.3 cm³/mol. The summed E-state index contributed by atoms with van der Waals surface area (Å²) in [4.78, 5) is 12.3. The first-order valence-electron chi connectivity index (χ1n) is 7.04. The Kier molecular flexibility index (Phi) is 4.20. The Morgan fingerprint density at radius 3 is 2.30 bits per heavy atom. The lowest BCUT2D eigenvalue weighted by molar-refractivity contribution is -0.605. The molecule has 0 saturated heterocycles. The molecule has 1 amide bonds. The SMILES string of the molecule is O=C(Nc1ccccc1Oc1ccccc1)c1cc[n+]([O-])cc1. The highest BCUT2D eigenvalue weighted by Crippen LogP contribution is 2.29. The minimum atomic E-state index is -0.310. The average Bonchev–Trinajstić information content (AvgIpc) is 2.58. The average molecular weight is 306 g/mol. The Bertz CT molecular complexity index is 802. The maximum Gasteiger partial charge on any atom is 0.256 e. The highest BCUT2D eigenvalue weighted by molar-refractivity contribution is 6.04. The third kappa shape index (κ3) is 3.65. The second-order valence-electron chi connectivity index (χ2n) is 4.81. The van der Waals surface area contributed by atoms with Crippen molar-refractivity contribution >= 4 is 11.6 Å². The third-order valence-electron chi connectivity index (χ3n) is 3.17. The molecule has 1 heterocycles. The van der Waals surface area contributed by atoms with Crippen LogP contribution < -0.4 is 14.8 Å². The first-order chi connectivity index (χ1) is 11.2. The number of amides is 1. The van der Waals surface area contributed by atoms with Crippen LogP contribution in [-0.2, 0) is 0 Å². The van der Waals surface area contributed by atoms with Crippen LogP contribution in [0.5, 0.6) is 11.5 Å². The van der Waals surface area contributed by atoms with E-state index < -0.39 is 0 Å². The van der Waals surface area contributed by atoms with Gasteiger partial charge >= 0.3 is 0 Å². The summed E-state index contributed by atoms with van der Waals surface area (Å²) in [6.07, 6.45) is 2.56. The molecule has 23 heavy (non-hydrogen) atoms.